The summed E-state index contributed by atoms with van der Waals surface area (Å²) in [5, 5.41) is 2.70. The first-order chi connectivity index (χ1) is 11.8. The van der Waals surface area contributed by atoms with Crippen molar-refractivity contribution in [2.45, 2.75) is 25.9 Å². The van der Waals surface area contributed by atoms with Gasteiger partial charge in [0.2, 0.25) is 11.0 Å². The van der Waals surface area contributed by atoms with E-state index >= 15 is 0 Å². The smallest absolute Gasteiger partial charge is 0.123 e. The minimum Gasteiger partial charge on any atom is -0.123 e. The van der Waals surface area contributed by atoms with Crippen LogP contribution in [0.25, 0.3) is 33.2 Å². The molecule has 0 saturated carbocycles. The molecule has 0 N–H and O–H groups in total. The van der Waals surface area contributed by atoms with Gasteiger partial charge in [0.1, 0.15) is 0 Å². The van der Waals surface area contributed by atoms with Gasteiger partial charge in [-0.15, -0.1) is 9.13 Å². The first-order valence-corrected chi connectivity index (χ1v) is 8.75. The van der Waals surface area contributed by atoms with Crippen molar-refractivity contribution in [1.29, 1.82) is 0 Å². The van der Waals surface area contributed by atoms with Crippen molar-refractivity contribution in [1.82, 2.24) is 0 Å². The second-order valence-electron chi connectivity index (χ2n) is 7.03. The number of para-hydroxylation sites is 2. The quantitative estimate of drug-likeness (QED) is 0.437. The predicted molar refractivity (Wildman–Crippen MR) is 94.8 cm³/mol. The summed E-state index contributed by atoms with van der Waals surface area (Å²) in [7, 11) is 0. The van der Waals surface area contributed by atoms with Crippen LogP contribution in [0.1, 0.15) is 24.2 Å². The van der Waals surface area contributed by atoms with Crippen molar-refractivity contribution in [3.8, 4) is 11.4 Å². The Morgan fingerprint density at radius 2 is 1.17 bits per heavy atom. The monoisotopic (exact) mass is 310 g/mol. The van der Waals surface area contributed by atoms with Gasteiger partial charge in [-0.05, 0) is 37.1 Å². The zero-order valence-corrected chi connectivity index (χ0v) is 13.7. The molecule has 1 aliphatic carbocycles. The minimum absolute atomic E-state index is 0.308. The third kappa shape index (κ3) is 1.38. The second-order valence-corrected chi connectivity index (χ2v) is 7.03. The van der Waals surface area contributed by atoms with E-state index in [1.165, 1.54) is 44.3 Å². The molecule has 2 aliphatic rings. The first-order valence-electron chi connectivity index (χ1n) is 8.75. The van der Waals surface area contributed by atoms with Crippen LogP contribution in [-0.2, 0) is 12.8 Å². The number of nitrogens with zero attached hydrogens (tertiary/aromatic N) is 2. The zero-order chi connectivity index (χ0) is 15.8. The van der Waals surface area contributed by atoms with Gasteiger partial charge in [0.25, 0.3) is 11.4 Å². The van der Waals surface area contributed by atoms with E-state index in [2.05, 4.69) is 76.7 Å². The maximum atomic E-state index is 2.55. The summed E-state index contributed by atoms with van der Waals surface area (Å²) in [6.45, 7) is 2.33. The molecule has 0 spiro atoms. The van der Waals surface area contributed by atoms with Crippen LogP contribution in [0.2, 0.25) is 0 Å². The van der Waals surface area contributed by atoms with Gasteiger partial charge in [-0.25, -0.2) is 0 Å². The van der Waals surface area contributed by atoms with Crippen LogP contribution in [0.4, 0.5) is 0 Å². The molecule has 0 atom stereocenters. The number of aryl methyl sites for hydroxylation is 2. The Kier molecular flexibility index (Phi) is 2.22. The van der Waals surface area contributed by atoms with Crippen LogP contribution >= 0.6 is 0 Å². The van der Waals surface area contributed by atoms with Crippen LogP contribution in [0.15, 0.2) is 60.7 Å². The molecule has 114 valence electrons. The standard InChI is InChI=1S/C22H18N2/c1-14-23-19-8-4-2-6-15(19)12-17-10-11-18-13-16-7-3-5-9-20(16)24(14)22(18)21(17)23/h2-9,12-14H,10-11H2,1H3/q+2. The van der Waals surface area contributed by atoms with Crippen LogP contribution in [-0.4, -0.2) is 0 Å². The molecule has 6 rings (SSSR count). The van der Waals surface area contributed by atoms with Gasteiger partial charge < -0.3 is 0 Å². The topological polar surface area (TPSA) is 7.76 Å². The zero-order valence-electron chi connectivity index (χ0n) is 13.7. The average molecular weight is 310 g/mol. The third-order valence-electron chi connectivity index (χ3n) is 5.78. The van der Waals surface area contributed by atoms with Crippen molar-refractivity contribution in [3.05, 3.63) is 71.8 Å². The van der Waals surface area contributed by atoms with Gasteiger partial charge in [0, 0.05) is 34.0 Å². The molecule has 0 bridgehead atoms. The summed E-state index contributed by atoms with van der Waals surface area (Å²) in [4.78, 5) is 0. The molecule has 3 heterocycles. The fourth-order valence-electron chi connectivity index (χ4n) is 4.79. The predicted octanol–water partition coefficient (Wildman–Crippen LogP) is 3.71. The molecule has 2 nitrogen and oxygen atoms in total. The van der Waals surface area contributed by atoms with Crippen molar-refractivity contribution < 1.29 is 9.13 Å². The van der Waals surface area contributed by atoms with E-state index in [0.717, 1.165) is 12.8 Å². The van der Waals surface area contributed by atoms with Gasteiger partial charge in [0.15, 0.2) is 0 Å². The Bertz CT molecular complexity index is 1080. The fourth-order valence-corrected chi connectivity index (χ4v) is 4.79. The Hall–Kier alpha value is -2.74. The van der Waals surface area contributed by atoms with Gasteiger partial charge in [-0.3, -0.25) is 0 Å². The molecule has 1 aliphatic heterocycles. The minimum atomic E-state index is 0.308. The van der Waals surface area contributed by atoms with Crippen LogP contribution in [0, 0.1) is 0 Å². The van der Waals surface area contributed by atoms with E-state index in [-0.39, 0.29) is 0 Å². The molecular formula is C22H18N2+2. The fraction of sp³-hybridized carbons (Fsp3) is 0.182. The molecule has 0 saturated heterocycles. The lowest BCUT2D eigenvalue weighted by Crippen LogP contribution is -2.51. The summed E-state index contributed by atoms with van der Waals surface area (Å²) >= 11 is 0. The summed E-state index contributed by atoms with van der Waals surface area (Å²) < 4.78 is 5.10. The number of benzene rings is 2. The largest absolute Gasteiger partial charge is 0.351 e. The molecule has 0 fully saturated rings. The first kappa shape index (κ1) is 12.7. The van der Waals surface area contributed by atoms with Crippen LogP contribution in [0.5, 0.6) is 0 Å². The van der Waals surface area contributed by atoms with Gasteiger partial charge in [-0.2, -0.15) is 0 Å². The Labute approximate surface area is 140 Å². The maximum absolute atomic E-state index is 2.55. The van der Waals surface area contributed by atoms with Crippen molar-refractivity contribution in [3.63, 3.8) is 0 Å². The lowest BCUT2D eigenvalue weighted by Gasteiger charge is -2.11. The van der Waals surface area contributed by atoms with Crippen LogP contribution in [0.3, 0.4) is 0 Å². The highest BCUT2D eigenvalue weighted by atomic mass is 15.3. The van der Waals surface area contributed by atoms with Crippen LogP contribution < -0.4 is 9.13 Å². The number of pyridine rings is 2. The molecule has 4 aromatic rings. The lowest BCUT2D eigenvalue weighted by atomic mass is 9.91. The van der Waals surface area contributed by atoms with E-state index in [9.17, 15) is 0 Å². The lowest BCUT2D eigenvalue weighted by molar-refractivity contribution is -0.884. The van der Waals surface area contributed by atoms with E-state index in [4.69, 9.17) is 0 Å². The molecule has 2 aromatic carbocycles. The number of aromatic nitrogens is 2. The van der Waals surface area contributed by atoms with E-state index in [1.54, 1.807) is 0 Å². The highest BCUT2D eigenvalue weighted by molar-refractivity contribution is 5.83. The van der Waals surface area contributed by atoms with E-state index < -0.39 is 0 Å². The number of hydrogen-bond donors (Lipinski definition) is 0. The summed E-state index contributed by atoms with van der Waals surface area (Å²) in [6.07, 6.45) is 2.58. The van der Waals surface area contributed by atoms with Gasteiger partial charge >= 0.3 is 6.17 Å². The van der Waals surface area contributed by atoms with Gasteiger partial charge in [-0.1, -0.05) is 24.3 Å². The average Bonchev–Trinajstić information content (AvgIpc) is 2.94. The normalized spacial score (nSPS) is 15.2. The van der Waals surface area contributed by atoms with E-state index in [0.29, 0.717) is 6.17 Å². The second kappa shape index (κ2) is 4.21. The number of hydrogen-bond acceptors (Lipinski definition) is 0. The SMILES string of the molecule is CC1[n+]2c3c(cc4ccccc42)CCc2cc4ccccc4[n+]1c2-3. The number of rotatable bonds is 0. The summed E-state index contributed by atoms with van der Waals surface area (Å²) in [6, 6.07) is 22.4. The molecule has 0 radical (unpaired) electrons. The third-order valence-corrected chi connectivity index (χ3v) is 5.78. The molecule has 24 heavy (non-hydrogen) atoms. The molecular weight excluding hydrogens is 292 g/mol. The highest BCUT2D eigenvalue weighted by Crippen LogP contribution is 2.36. The molecule has 0 unspecified atom stereocenters. The molecule has 0 amide bonds. The summed E-state index contributed by atoms with van der Waals surface area (Å²) in [5.41, 5.74) is 8.54. The Morgan fingerprint density at radius 3 is 1.67 bits per heavy atom. The van der Waals surface area contributed by atoms with Crippen molar-refractivity contribution in [2.24, 2.45) is 0 Å². The highest BCUT2D eigenvalue weighted by Gasteiger charge is 2.48. The summed E-state index contributed by atoms with van der Waals surface area (Å²) in [5.74, 6) is 0. The molecule has 2 aromatic heterocycles. The van der Waals surface area contributed by atoms with Crippen molar-refractivity contribution >= 4 is 21.8 Å². The molecule has 2 heteroatoms. The Balaban J connectivity index is 1.86. The van der Waals surface area contributed by atoms with Gasteiger partial charge in [0.05, 0.1) is 6.92 Å². The van der Waals surface area contributed by atoms with E-state index in [1.807, 2.05) is 0 Å². The maximum Gasteiger partial charge on any atom is 0.351 e. The number of fused-ring (bicyclic) bond motifs is 4. The van der Waals surface area contributed by atoms with Crippen molar-refractivity contribution in [2.75, 3.05) is 0 Å². The Morgan fingerprint density at radius 1 is 0.708 bits per heavy atom.